The van der Waals surface area contributed by atoms with E-state index in [0.717, 1.165) is 12.1 Å². The fourth-order valence-corrected chi connectivity index (χ4v) is 1.94. The summed E-state index contributed by atoms with van der Waals surface area (Å²) in [6, 6.07) is 7.75. The second-order valence-electron chi connectivity index (χ2n) is 4.30. The normalized spacial score (nSPS) is 13.3. The molecule has 0 aliphatic rings. The van der Waals surface area contributed by atoms with Gasteiger partial charge in [0.15, 0.2) is 0 Å². The Morgan fingerprint density at radius 1 is 0.950 bits per heavy atom. The second-order valence-corrected chi connectivity index (χ2v) is 4.74. The van der Waals surface area contributed by atoms with E-state index in [1.54, 1.807) is 24.3 Å². The van der Waals surface area contributed by atoms with Crippen LogP contribution < -0.4 is 5.73 Å². The summed E-state index contributed by atoms with van der Waals surface area (Å²) >= 11 is 5.72. The van der Waals surface area contributed by atoms with Crippen molar-refractivity contribution in [1.29, 1.82) is 0 Å². The summed E-state index contributed by atoms with van der Waals surface area (Å²) in [5.74, 6) is -0.973. The summed E-state index contributed by atoms with van der Waals surface area (Å²) in [4.78, 5) is 0. The van der Waals surface area contributed by atoms with Crippen LogP contribution in [0.5, 0.6) is 0 Å². The average molecular weight is 304 g/mol. The van der Waals surface area contributed by atoms with Gasteiger partial charge in [-0.2, -0.15) is 13.2 Å². The first kappa shape index (κ1) is 14.8. The van der Waals surface area contributed by atoms with Crippen LogP contribution >= 0.6 is 11.6 Å². The van der Waals surface area contributed by atoms with Crippen molar-refractivity contribution in [2.75, 3.05) is 0 Å². The Bertz CT molecular complexity index is 608. The first-order chi connectivity index (χ1) is 9.27. The lowest BCUT2D eigenvalue weighted by molar-refractivity contribution is -0.137. The van der Waals surface area contributed by atoms with Gasteiger partial charge in [-0.25, -0.2) is 4.39 Å². The predicted octanol–water partition coefficient (Wildman–Crippen LogP) is 4.55. The number of halogens is 5. The molecular formula is C14H10ClF4N. The first-order valence-electron chi connectivity index (χ1n) is 5.66. The van der Waals surface area contributed by atoms with Gasteiger partial charge in [0.05, 0.1) is 11.6 Å². The van der Waals surface area contributed by atoms with E-state index in [9.17, 15) is 17.6 Å². The number of benzene rings is 2. The zero-order valence-corrected chi connectivity index (χ0v) is 10.8. The molecule has 0 saturated carbocycles. The summed E-state index contributed by atoms with van der Waals surface area (Å²) in [7, 11) is 0. The molecule has 0 radical (unpaired) electrons. The van der Waals surface area contributed by atoms with Crippen LogP contribution in [0.4, 0.5) is 17.6 Å². The molecule has 0 spiro atoms. The van der Waals surface area contributed by atoms with E-state index in [1.807, 2.05) is 0 Å². The van der Waals surface area contributed by atoms with Crippen LogP contribution in [0, 0.1) is 5.82 Å². The maximum atomic E-state index is 13.3. The number of hydrogen-bond donors (Lipinski definition) is 1. The Hall–Kier alpha value is -1.59. The summed E-state index contributed by atoms with van der Waals surface area (Å²) < 4.78 is 51.2. The molecule has 6 heteroatoms. The van der Waals surface area contributed by atoms with Gasteiger partial charge in [-0.3, -0.25) is 0 Å². The Kier molecular flexibility index (Phi) is 4.01. The second kappa shape index (κ2) is 5.42. The highest BCUT2D eigenvalue weighted by molar-refractivity contribution is 6.30. The molecular weight excluding hydrogens is 294 g/mol. The quantitative estimate of drug-likeness (QED) is 0.810. The molecule has 2 aromatic carbocycles. The fraction of sp³-hybridized carbons (Fsp3) is 0.143. The first-order valence-corrected chi connectivity index (χ1v) is 6.04. The van der Waals surface area contributed by atoms with Crippen molar-refractivity contribution >= 4 is 11.6 Å². The van der Waals surface area contributed by atoms with E-state index in [0.29, 0.717) is 16.7 Å². The molecule has 1 unspecified atom stereocenters. The molecule has 2 rings (SSSR count). The maximum absolute atomic E-state index is 13.3. The molecule has 0 aromatic heterocycles. The number of rotatable bonds is 2. The smallest absolute Gasteiger partial charge is 0.320 e. The van der Waals surface area contributed by atoms with Crippen molar-refractivity contribution in [2.24, 2.45) is 5.73 Å². The van der Waals surface area contributed by atoms with E-state index in [4.69, 9.17) is 17.3 Å². The van der Waals surface area contributed by atoms with Crippen molar-refractivity contribution in [2.45, 2.75) is 12.2 Å². The molecule has 1 nitrogen and oxygen atoms in total. The van der Waals surface area contributed by atoms with Crippen LogP contribution in [-0.2, 0) is 6.18 Å². The third-order valence-corrected chi connectivity index (χ3v) is 3.09. The molecule has 0 aliphatic carbocycles. The lowest BCUT2D eigenvalue weighted by Gasteiger charge is -2.15. The van der Waals surface area contributed by atoms with E-state index in [1.165, 1.54) is 0 Å². The molecule has 106 valence electrons. The third kappa shape index (κ3) is 3.29. The molecule has 20 heavy (non-hydrogen) atoms. The molecule has 2 aromatic rings. The van der Waals surface area contributed by atoms with Crippen molar-refractivity contribution in [1.82, 2.24) is 0 Å². The van der Waals surface area contributed by atoms with Crippen LogP contribution in [0.1, 0.15) is 22.7 Å². The lowest BCUT2D eigenvalue weighted by atomic mass is 9.97. The van der Waals surface area contributed by atoms with Gasteiger partial charge in [-0.1, -0.05) is 23.7 Å². The van der Waals surface area contributed by atoms with E-state index in [2.05, 4.69) is 0 Å². The minimum atomic E-state index is -4.61. The molecule has 0 bridgehead atoms. The van der Waals surface area contributed by atoms with Crippen LogP contribution in [0.3, 0.4) is 0 Å². The molecule has 1 atom stereocenters. The third-order valence-electron chi connectivity index (χ3n) is 2.84. The van der Waals surface area contributed by atoms with Crippen molar-refractivity contribution in [3.05, 3.63) is 70.0 Å². The Labute approximate surface area is 118 Å². The number of hydrogen-bond acceptors (Lipinski definition) is 1. The molecule has 2 N–H and O–H groups in total. The predicted molar refractivity (Wildman–Crippen MR) is 68.9 cm³/mol. The van der Waals surface area contributed by atoms with Crippen molar-refractivity contribution in [3.63, 3.8) is 0 Å². The largest absolute Gasteiger partial charge is 0.416 e. The average Bonchev–Trinajstić information content (AvgIpc) is 2.37. The van der Waals surface area contributed by atoms with Gasteiger partial charge in [0.25, 0.3) is 0 Å². The molecule has 0 heterocycles. The fourth-order valence-electron chi connectivity index (χ4n) is 1.82. The Morgan fingerprint density at radius 3 is 2.10 bits per heavy atom. The van der Waals surface area contributed by atoms with Gasteiger partial charge in [0.1, 0.15) is 5.82 Å². The van der Waals surface area contributed by atoms with Gasteiger partial charge >= 0.3 is 6.18 Å². The van der Waals surface area contributed by atoms with Crippen molar-refractivity contribution in [3.8, 4) is 0 Å². The monoisotopic (exact) mass is 303 g/mol. The van der Waals surface area contributed by atoms with E-state index < -0.39 is 23.6 Å². The van der Waals surface area contributed by atoms with Gasteiger partial charge in [-0.15, -0.1) is 0 Å². The summed E-state index contributed by atoms with van der Waals surface area (Å²) in [6.45, 7) is 0. The maximum Gasteiger partial charge on any atom is 0.416 e. The summed E-state index contributed by atoms with van der Waals surface area (Å²) in [5.41, 5.74) is 5.42. The SMILES string of the molecule is NC(c1ccc(Cl)cc1)c1cc(F)cc(C(F)(F)F)c1. The zero-order chi connectivity index (χ0) is 14.9. The van der Waals surface area contributed by atoms with Crippen LogP contribution in [-0.4, -0.2) is 0 Å². The standard InChI is InChI=1S/C14H10ClF4N/c15-11-3-1-8(2-4-11)13(20)9-5-10(14(17,18)19)7-12(16)6-9/h1-7,13H,20H2. The minimum absolute atomic E-state index is 0.0552. The van der Waals surface area contributed by atoms with Crippen LogP contribution in [0.25, 0.3) is 0 Å². The van der Waals surface area contributed by atoms with E-state index in [-0.39, 0.29) is 5.56 Å². The topological polar surface area (TPSA) is 26.0 Å². The van der Waals surface area contributed by atoms with Crippen molar-refractivity contribution < 1.29 is 17.6 Å². The Morgan fingerprint density at radius 2 is 1.55 bits per heavy atom. The number of nitrogens with two attached hydrogens (primary N) is 1. The Balaban J connectivity index is 2.42. The lowest BCUT2D eigenvalue weighted by Crippen LogP contribution is -2.14. The highest BCUT2D eigenvalue weighted by atomic mass is 35.5. The highest BCUT2D eigenvalue weighted by Gasteiger charge is 2.31. The summed E-state index contributed by atoms with van der Waals surface area (Å²) in [5, 5.41) is 0.483. The summed E-state index contributed by atoms with van der Waals surface area (Å²) in [6.07, 6.45) is -4.61. The van der Waals surface area contributed by atoms with Crippen LogP contribution in [0.15, 0.2) is 42.5 Å². The van der Waals surface area contributed by atoms with Gasteiger partial charge in [0, 0.05) is 5.02 Å². The molecule has 0 amide bonds. The molecule has 0 fully saturated rings. The molecule has 0 aliphatic heterocycles. The van der Waals surface area contributed by atoms with Crippen LogP contribution in [0.2, 0.25) is 5.02 Å². The van der Waals surface area contributed by atoms with E-state index >= 15 is 0 Å². The zero-order valence-electron chi connectivity index (χ0n) is 10.1. The molecule has 0 saturated heterocycles. The van der Waals surface area contributed by atoms with Gasteiger partial charge in [-0.05, 0) is 41.5 Å². The van der Waals surface area contributed by atoms with Gasteiger partial charge in [0.2, 0.25) is 0 Å². The van der Waals surface area contributed by atoms with Gasteiger partial charge < -0.3 is 5.73 Å². The minimum Gasteiger partial charge on any atom is -0.320 e. The number of alkyl halides is 3. The highest BCUT2D eigenvalue weighted by Crippen LogP contribution is 2.32.